The van der Waals surface area contributed by atoms with Crippen molar-refractivity contribution in [3.05, 3.63) is 65.2 Å². The van der Waals surface area contributed by atoms with Gasteiger partial charge in [0.15, 0.2) is 0 Å². The molecule has 3 nitrogen and oxygen atoms in total. The number of nitrogens with two attached hydrogens (primary N) is 1. The number of hydrogen-bond acceptors (Lipinski definition) is 2. The molecule has 6 heteroatoms. The van der Waals surface area contributed by atoms with Crippen LogP contribution in [-0.4, -0.2) is 5.91 Å². The van der Waals surface area contributed by atoms with Crippen LogP contribution in [0, 0.1) is 11.6 Å². The molecule has 2 rings (SSSR count). The lowest BCUT2D eigenvalue weighted by atomic mass is 10.0. The summed E-state index contributed by atoms with van der Waals surface area (Å²) in [7, 11) is 0. The van der Waals surface area contributed by atoms with Crippen LogP contribution in [0.5, 0.6) is 0 Å². The third kappa shape index (κ3) is 6.02. The molecule has 1 atom stereocenters. The number of benzene rings is 2. The summed E-state index contributed by atoms with van der Waals surface area (Å²) in [4.78, 5) is 12.2. The van der Waals surface area contributed by atoms with Crippen LogP contribution in [0.2, 0.25) is 0 Å². The molecule has 0 bridgehead atoms. The van der Waals surface area contributed by atoms with E-state index in [2.05, 4.69) is 5.32 Å². The van der Waals surface area contributed by atoms with Crippen molar-refractivity contribution in [2.75, 3.05) is 5.73 Å². The van der Waals surface area contributed by atoms with Crippen molar-refractivity contribution in [2.45, 2.75) is 38.6 Å². The van der Waals surface area contributed by atoms with Gasteiger partial charge in [0, 0.05) is 23.7 Å². The minimum Gasteiger partial charge on any atom is -0.399 e. The van der Waals surface area contributed by atoms with Crippen molar-refractivity contribution >= 4 is 24.0 Å². The van der Waals surface area contributed by atoms with Crippen LogP contribution in [0.1, 0.15) is 43.4 Å². The van der Waals surface area contributed by atoms with Crippen LogP contribution in [0.3, 0.4) is 0 Å². The first-order chi connectivity index (χ1) is 11.5. The fourth-order valence-corrected chi connectivity index (χ4v) is 2.65. The Labute approximate surface area is 153 Å². The Morgan fingerprint density at radius 1 is 1.20 bits per heavy atom. The predicted octanol–water partition coefficient (Wildman–Crippen LogP) is 4.56. The van der Waals surface area contributed by atoms with Gasteiger partial charge in [0.05, 0.1) is 6.04 Å². The van der Waals surface area contributed by atoms with Gasteiger partial charge in [-0.25, -0.2) is 8.78 Å². The second-order valence-corrected chi connectivity index (χ2v) is 5.77. The van der Waals surface area contributed by atoms with Gasteiger partial charge in [-0.15, -0.1) is 12.4 Å². The zero-order valence-corrected chi connectivity index (χ0v) is 14.9. The lowest BCUT2D eigenvalue weighted by Gasteiger charge is -2.19. The molecule has 2 aromatic rings. The Kier molecular flexibility index (Phi) is 8.35. The van der Waals surface area contributed by atoms with Gasteiger partial charge in [0.2, 0.25) is 5.91 Å². The second-order valence-electron chi connectivity index (χ2n) is 5.77. The molecule has 0 fully saturated rings. The van der Waals surface area contributed by atoms with Gasteiger partial charge in [-0.05, 0) is 30.5 Å². The van der Waals surface area contributed by atoms with Crippen molar-refractivity contribution in [1.29, 1.82) is 0 Å². The molecular weight excluding hydrogens is 346 g/mol. The molecule has 2 aromatic carbocycles. The van der Waals surface area contributed by atoms with E-state index in [1.165, 1.54) is 12.1 Å². The molecule has 0 radical (unpaired) electrons. The molecule has 0 aliphatic rings. The first-order valence-corrected chi connectivity index (χ1v) is 8.09. The molecular formula is C19H23ClF2N2O. The molecule has 3 N–H and O–H groups in total. The standard InChI is InChI=1S/C19H22F2N2O.ClH/c1-2-5-18(15-10-9-14(20)12-16(15)21)23-19(24)11-8-13-6-3-4-7-17(13)22;/h3-4,6-7,9-10,12,18H,2,5,8,11,22H2,1H3,(H,23,24);1H. The van der Waals surface area contributed by atoms with Crippen LogP contribution in [-0.2, 0) is 11.2 Å². The first-order valence-electron chi connectivity index (χ1n) is 8.09. The van der Waals surface area contributed by atoms with E-state index in [4.69, 9.17) is 5.73 Å². The van der Waals surface area contributed by atoms with Crippen molar-refractivity contribution in [3.8, 4) is 0 Å². The van der Waals surface area contributed by atoms with Gasteiger partial charge < -0.3 is 11.1 Å². The Hall–Kier alpha value is -2.14. The molecule has 25 heavy (non-hydrogen) atoms. The summed E-state index contributed by atoms with van der Waals surface area (Å²) in [6.07, 6.45) is 2.13. The van der Waals surface area contributed by atoms with Gasteiger partial charge in [0.1, 0.15) is 11.6 Å². The van der Waals surface area contributed by atoms with Crippen LogP contribution >= 0.6 is 12.4 Å². The summed E-state index contributed by atoms with van der Waals surface area (Å²) in [5.41, 5.74) is 7.74. The molecule has 0 spiro atoms. The Balaban J connectivity index is 0.00000312. The molecule has 0 saturated heterocycles. The van der Waals surface area contributed by atoms with Gasteiger partial charge in [0.25, 0.3) is 0 Å². The molecule has 0 aromatic heterocycles. The first kappa shape index (κ1) is 20.9. The van der Waals surface area contributed by atoms with E-state index >= 15 is 0 Å². The van der Waals surface area contributed by atoms with Crippen LogP contribution in [0.25, 0.3) is 0 Å². The van der Waals surface area contributed by atoms with Crippen LogP contribution in [0.4, 0.5) is 14.5 Å². The molecule has 0 aliphatic carbocycles. The highest BCUT2D eigenvalue weighted by atomic mass is 35.5. The third-order valence-corrected chi connectivity index (χ3v) is 3.93. The number of anilines is 1. The minimum atomic E-state index is -0.638. The number of halogens is 3. The van der Waals surface area contributed by atoms with E-state index in [1.54, 1.807) is 6.07 Å². The van der Waals surface area contributed by atoms with E-state index in [0.29, 0.717) is 24.1 Å². The molecule has 0 aliphatic heterocycles. The minimum absolute atomic E-state index is 0. The highest BCUT2D eigenvalue weighted by Gasteiger charge is 2.18. The van der Waals surface area contributed by atoms with Gasteiger partial charge in [-0.1, -0.05) is 37.6 Å². The van der Waals surface area contributed by atoms with Crippen molar-refractivity contribution in [3.63, 3.8) is 0 Å². The Morgan fingerprint density at radius 2 is 1.92 bits per heavy atom. The number of carbonyl (C=O) groups is 1. The fraction of sp³-hybridized carbons (Fsp3) is 0.316. The predicted molar refractivity (Wildman–Crippen MR) is 98.6 cm³/mol. The SMILES string of the molecule is CCCC(NC(=O)CCc1ccccc1N)c1ccc(F)cc1F.Cl. The smallest absolute Gasteiger partial charge is 0.220 e. The van der Waals surface area contributed by atoms with Gasteiger partial charge in [-0.2, -0.15) is 0 Å². The maximum absolute atomic E-state index is 14.0. The zero-order valence-electron chi connectivity index (χ0n) is 14.1. The molecule has 0 saturated carbocycles. The van der Waals surface area contributed by atoms with Crippen molar-refractivity contribution < 1.29 is 13.6 Å². The third-order valence-electron chi connectivity index (χ3n) is 3.93. The summed E-state index contributed by atoms with van der Waals surface area (Å²) in [6, 6.07) is 10.4. The fourth-order valence-electron chi connectivity index (χ4n) is 2.65. The highest BCUT2D eigenvalue weighted by molar-refractivity contribution is 5.85. The quantitative estimate of drug-likeness (QED) is 0.704. The number of nitrogens with one attached hydrogen (secondary N) is 1. The number of para-hydroxylation sites is 1. The monoisotopic (exact) mass is 368 g/mol. The normalized spacial score (nSPS) is 11.5. The van der Waals surface area contributed by atoms with E-state index in [9.17, 15) is 13.6 Å². The number of carbonyl (C=O) groups excluding carboxylic acids is 1. The number of aryl methyl sites for hydroxylation is 1. The zero-order chi connectivity index (χ0) is 17.5. The Bertz CT molecular complexity index is 710. The maximum Gasteiger partial charge on any atom is 0.220 e. The van der Waals surface area contributed by atoms with Gasteiger partial charge in [-0.3, -0.25) is 4.79 Å². The number of nitrogen functional groups attached to an aromatic ring is 1. The summed E-state index contributed by atoms with van der Waals surface area (Å²) in [6.45, 7) is 1.95. The van der Waals surface area contributed by atoms with E-state index in [1.807, 2.05) is 25.1 Å². The molecule has 1 unspecified atom stereocenters. The summed E-state index contributed by atoms with van der Waals surface area (Å²) in [5, 5.41) is 2.84. The van der Waals surface area contributed by atoms with E-state index < -0.39 is 17.7 Å². The van der Waals surface area contributed by atoms with Crippen molar-refractivity contribution in [2.24, 2.45) is 0 Å². The summed E-state index contributed by atoms with van der Waals surface area (Å²) < 4.78 is 27.0. The van der Waals surface area contributed by atoms with Gasteiger partial charge >= 0.3 is 0 Å². The van der Waals surface area contributed by atoms with Crippen LogP contribution in [0.15, 0.2) is 42.5 Å². The largest absolute Gasteiger partial charge is 0.399 e. The average Bonchev–Trinajstić information content (AvgIpc) is 2.54. The topological polar surface area (TPSA) is 55.1 Å². The lowest BCUT2D eigenvalue weighted by Crippen LogP contribution is -2.29. The summed E-state index contributed by atoms with van der Waals surface area (Å²) >= 11 is 0. The van der Waals surface area contributed by atoms with E-state index in [-0.39, 0.29) is 24.7 Å². The highest BCUT2D eigenvalue weighted by Crippen LogP contribution is 2.23. The number of rotatable bonds is 7. The number of hydrogen-bond donors (Lipinski definition) is 2. The molecule has 1 amide bonds. The number of amides is 1. The maximum atomic E-state index is 14.0. The lowest BCUT2D eigenvalue weighted by molar-refractivity contribution is -0.121. The summed E-state index contributed by atoms with van der Waals surface area (Å²) in [5.74, 6) is -1.45. The second kappa shape index (κ2) is 9.99. The van der Waals surface area contributed by atoms with Crippen molar-refractivity contribution in [1.82, 2.24) is 5.32 Å². The molecule has 136 valence electrons. The van der Waals surface area contributed by atoms with E-state index in [0.717, 1.165) is 18.1 Å². The molecule has 0 heterocycles. The average molecular weight is 369 g/mol. The Morgan fingerprint density at radius 3 is 2.56 bits per heavy atom. The van der Waals surface area contributed by atoms with Crippen LogP contribution < -0.4 is 11.1 Å².